The maximum atomic E-state index is 11.0. The molecule has 92 valence electrons. The molecule has 2 aromatic rings. The van der Waals surface area contributed by atoms with E-state index in [4.69, 9.17) is 21.4 Å². The summed E-state index contributed by atoms with van der Waals surface area (Å²) >= 11 is 5.92. The van der Waals surface area contributed by atoms with Gasteiger partial charge in [0.15, 0.2) is 0 Å². The predicted octanol–water partition coefficient (Wildman–Crippen LogP) is 3.53. The summed E-state index contributed by atoms with van der Waals surface area (Å²) in [5.41, 5.74) is 0.760. The Morgan fingerprint density at radius 1 is 1.33 bits per heavy atom. The Labute approximate surface area is 109 Å². The molecule has 0 aliphatic heterocycles. The van der Waals surface area contributed by atoms with Gasteiger partial charge in [-0.15, -0.1) is 0 Å². The van der Waals surface area contributed by atoms with Gasteiger partial charge in [0.1, 0.15) is 16.5 Å². The molecular formula is C13H10ClNO3. The molecule has 0 radical (unpaired) electrons. The molecule has 0 bridgehead atoms. The van der Waals surface area contributed by atoms with E-state index in [1.807, 2.05) is 0 Å². The van der Waals surface area contributed by atoms with E-state index < -0.39 is 5.97 Å². The number of halogens is 1. The number of hydrogen-bond acceptors (Lipinski definition) is 3. The Morgan fingerprint density at radius 2 is 2.11 bits per heavy atom. The summed E-state index contributed by atoms with van der Waals surface area (Å²) in [4.78, 5) is 14.9. The minimum atomic E-state index is -0.987. The molecule has 0 amide bonds. The molecule has 0 atom stereocenters. The van der Waals surface area contributed by atoms with Crippen LogP contribution in [0, 0.1) is 6.92 Å². The zero-order chi connectivity index (χ0) is 13.1. The molecule has 0 saturated carbocycles. The van der Waals surface area contributed by atoms with E-state index in [1.165, 1.54) is 12.3 Å². The van der Waals surface area contributed by atoms with Crippen LogP contribution in [0.3, 0.4) is 0 Å². The Morgan fingerprint density at radius 3 is 2.78 bits per heavy atom. The number of benzene rings is 1. The van der Waals surface area contributed by atoms with Crippen molar-refractivity contribution in [3.8, 4) is 11.5 Å². The quantitative estimate of drug-likeness (QED) is 0.920. The summed E-state index contributed by atoms with van der Waals surface area (Å²) in [6, 6.07) is 6.47. The van der Waals surface area contributed by atoms with Crippen LogP contribution >= 0.6 is 11.6 Å². The van der Waals surface area contributed by atoms with E-state index in [0.717, 1.165) is 0 Å². The second-order valence-corrected chi connectivity index (χ2v) is 4.05. The molecule has 0 aliphatic carbocycles. The summed E-state index contributed by atoms with van der Waals surface area (Å²) in [6.07, 6.45) is 3.02. The van der Waals surface area contributed by atoms with Crippen LogP contribution in [0.15, 0.2) is 36.7 Å². The van der Waals surface area contributed by atoms with E-state index in [9.17, 15) is 4.79 Å². The Kier molecular flexibility index (Phi) is 3.48. The van der Waals surface area contributed by atoms with E-state index in [-0.39, 0.29) is 5.56 Å². The van der Waals surface area contributed by atoms with Crippen molar-refractivity contribution in [1.82, 2.24) is 4.98 Å². The molecule has 0 aliphatic rings. The average Bonchev–Trinajstić information content (AvgIpc) is 2.34. The highest BCUT2D eigenvalue weighted by Gasteiger charge is 2.12. The summed E-state index contributed by atoms with van der Waals surface area (Å²) in [5.74, 6) is -0.0842. The Hall–Kier alpha value is -2.07. The third-order valence-electron chi connectivity index (χ3n) is 2.47. The van der Waals surface area contributed by atoms with Crippen LogP contribution in [0.1, 0.15) is 15.9 Å². The lowest BCUT2D eigenvalue weighted by atomic mass is 10.1. The first-order valence-corrected chi connectivity index (χ1v) is 5.57. The maximum Gasteiger partial charge on any atom is 0.336 e. The lowest BCUT2D eigenvalue weighted by Crippen LogP contribution is -2.01. The third-order valence-corrected chi connectivity index (χ3v) is 2.75. The van der Waals surface area contributed by atoms with Crippen molar-refractivity contribution in [1.29, 1.82) is 0 Å². The molecule has 1 aromatic heterocycles. The first-order chi connectivity index (χ1) is 8.59. The van der Waals surface area contributed by atoms with E-state index in [2.05, 4.69) is 4.98 Å². The van der Waals surface area contributed by atoms with Crippen molar-refractivity contribution in [3.05, 3.63) is 52.8 Å². The molecule has 0 spiro atoms. The van der Waals surface area contributed by atoms with Gasteiger partial charge in [0.2, 0.25) is 0 Å². The first-order valence-electron chi connectivity index (χ1n) is 5.20. The number of aromatic carboxylic acids is 1. The number of pyridine rings is 1. The Balaban J connectivity index is 2.39. The minimum Gasteiger partial charge on any atom is -0.478 e. The highest BCUT2D eigenvalue weighted by atomic mass is 35.5. The number of carboxylic acid groups (broad SMARTS) is 1. The molecule has 4 nitrogen and oxygen atoms in total. The Bertz CT molecular complexity index is 599. The zero-order valence-corrected chi connectivity index (χ0v) is 10.3. The summed E-state index contributed by atoms with van der Waals surface area (Å²) in [5, 5.41) is 9.39. The molecule has 18 heavy (non-hydrogen) atoms. The van der Waals surface area contributed by atoms with E-state index >= 15 is 0 Å². The van der Waals surface area contributed by atoms with Gasteiger partial charge in [0.25, 0.3) is 0 Å². The molecule has 0 fully saturated rings. The topological polar surface area (TPSA) is 59.4 Å². The van der Waals surface area contributed by atoms with Crippen LogP contribution in [0.4, 0.5) is 0 Å². The van der Waals surface area contributed by atoms with Crippen LogP contribution in [-0.2, 0) is 0 Å². The smallest absolute Gasteiger partial charge is 0.336 e. The van der Waals surface area contributed by atoms with Gasteiger partial charge in [-0.2, -0.15) is 0 Å². The molecule has 1 N–H and O–H groups in total. The van der Waals surface area contributed by atoms with Gasteiger partial charge in [-0.25, -0.2) is 4.79 Å². The first kappa shape index (κ1) is 12.4. The van der Waals surface area contributed by atoms with Gasteiger partial charge in [-0.05, 0) is 19.1 Å². The second kappa shape index (κ2) is 5.06. The molecule has 1 aromatic carbocycles. The van der Waals surface area contributed by atoms with Gasteiger partial charge in [-0.1, -0.05) is 17.7 Å². The normalized spacial score (nSPS) is 10.1. The monoisotopic (exact) mass is 263 g/mol. The van der Waals surface area contributed by atoms with Gasteiger partial charge < -0.3 is 9.84 Å². The number of carbonyl (C=O) groups is 1. The fraction of sp³-hybridized carbons (Fsp3) is 0.0769. The van der Waals surface area contributed by atoms with Crippen LogP contribution in [0.25, 0.3) is 0 Å². The van der Waals surface area contributed by atoms with E-state index in [0.29, 0.717) is 22.1 Å². The van der Waals surface area contributed by atoms with Gasteiger partial charge in [0.05, 0.1) is 5.56 Å². The summed E-state index contributed by atoms with van der Waals surface area (Å²) in [6.45, 7) is 1.69. The van der Waals surface area contributed by atoms with Crippen molar-refractivity contribution in [2.45, 2.75) is 6.92 Å². The number of rotatable bonds is 3. The standard InChI is InChI=1S/C13H10ClNO3/c1-8-9(13(16)17)3-2-4-11(8)18-12-5-6-15-7-10(12)14/h2-7H,1H3,(H,16,17). The zero-order valence-electron chi connectivity index (χ0n) is 9.55. The molecule has 0 unspecified atom stereocenters. The fourth-order valence-corrected chi connectivity index (χ4v) is 1.68. The molecule has 2 rings (SSSR count). The molecule has 0 saturated heterocycles. The molecule has 5 heteroatoms. The van der Waals surface area contributed by atoms with Crippen molar-refractivity contribution in [3.63, 3.8) is 0 Å². The third kappa shape index (κ3) is 2.43. The molecular weight excluding hydrogens is 254 g/mol. The lowest BCUT2D eigenvalue weighted by molar-refractivity contribution is 0.0695. The van der Waals surface area contributed by atoms with Crippen molar-refractivity contribution < 1.29 is 14.6 Å². The minimum absolute atomic E-state index is 0.206. The summed E-state index contributed by atoms with van der Waals surface area (Å²) in [7, 11) is 0. The second-order valence-electron chi connectivity index (χ2n) is 3.64. The van der Waals surface area contributed by atoms with Gasteiger partial charge >= 0.3 is 5.97 Å². The van der Waals surface area contributed by atoms with Crippen molar-refractivity contribution in [2.75, 3.05) is 0 Å². The van der Waals surface area contributed by atoms with Gasteiger partial charge in [0, 0.05) is 24.0 Å². The average molecular weight is 264 g/mol. The van der Waals surface area contributed by atoms with Crippen molar-refractivity contribution in [2.24, 2.45) is 0 Å². The SMILES string of the molecule is Cc1c(Oc2ccncc2Cl)cccc1C(=O)O. The number of aromatic nitrogens is 1. The van der Waals surface area contributed by atoms with Crippen molar-refractivity contribution >= 4 is 17.6 Å². The van der Waals surface area contributed by atoms with Crippen LogP contribution < -0.4 is 4.74 Å². The summed E-state index contributed by atoms with van der Waals surface area (Å²) < 4.78 is 5.60. The van der Waals surface area contributed by atoms with Crippen LogP contribution in [0.5, 0.6) is 11.5 Å². The lowest BCUT2D eigenvalue weighted by Gasteiger charge is -2.11. The highest BCUT2D eigenvalue weighted by molar-refractivity contribution is 6.31. The number of carboxylic acids is 1. The maximum absolute atomic E-state index is 11.0. The van der Waals surface area contributed by atoms with E-state index in [1.54, 1.807) is 31.3 Å². The number of hydrogen-bond donors (Lipinski definition) is 1. The number of ether oxygens (including phenoxy) is 1. The van der Waals surface area contributed by atoms with Crippen LogP contribution in [-0.4, -0.2) is 16.1 Å². The van der Waals surface area contributed by atoms with Crippen LogP contribution in [0.2, 0.25) is 5.02 Å². The number of nitrogens with zero attached hydrogens (tertiary/aromatic N) is 1. The predicted molar refractivity (Wildman–Crippen MR) is 67.5 cm³/mol. The molecule has 1 heterocycles. The largest absolute Gasteiger partial charge is 0.478 e. The fourth-order valence-electron chi connectivity index (χ4n) is 1.52. The highest BCUT2D eigenvalue weighted by Crippen LogP contribution is 2.31. The van der Waals surface area contributed by atoms with Gasteiger partial charge in [-0.3, -0.25) is 4.98 Å².